The van der Waals surface area contributed by atoms with E-state index in [1.807, 2.05) is 18.2 Å². The van der Waals surface area contributed by atoms with E-state index in [9.17, 15) is 4.79 Å². The number of aromatic nitrogens is 1. The molecule has 0 aliphatic rings. The number of nitrogens with zero attached hydrogens (tertiary/aromatic N) is 1. The van der Waals surface area contributed by atoms with Crippen molar-refractivity contribution in [3.05, 3.63) is 75.4 Å². The molecule has 4 heteroatoms. The number of rotatable bonds is 2. The van der Waals surface area contributed by atoms with Crippen molar-refractivity contribution in [1.82, 2.24) is 4.98 Å². The highest BCUT2D eigenvalue weighted by Gasteiger charge is 2.11. The van der Waals surface area contributed by atoms with Gasteiger partial charge in [-0.1, -0.05) is 45.7 Å². The van der Waals surface area contributed by atoms with Crippen LogP contribution in [-0.2, 0) is 0 Å². The molecule has 0 N–H and O–H groups in total. The van der Waals surface area contributed by atoms with E-state index in [0.717, 1.165) is 15.4 Å². The molecule has 0 aliphatic carbocycles. The first-order valence-corrected chi connectivity index (χ1v) is 7.16. The average molecular weight is 347 g/mol. The highest BCUT2D eigenvalue weighted by atomic mass is 79.9. The summed E-state index contributed by atoms with van der Waals surface area (Å²) in [6.07, 6.45) is 1.71. The number of ketones is 1. The van der Waals surface area contributed by atoms with E-state index >= 15 is 0 Å². The van der Waals surface area contributed by atoms with Gasteiger partial charge in [-0.15, -0.1) is 0 Å². The summed E-state index contributed by atoms with van der Waals surface area (Å²) in [6.45, 7) is 0. The van der Waals surface area contributed by atoms with Gasteiger partial charge in [0.15, 0.2) is 5.78 Å². The van der Waals surface area contributed by atoms with Gasteiger partial charge in [-0.2, -0.15) is 0 Å². The van der Waals surface area contributed by atoms with Crippen LogP contribution in [0, 0.1) is 0 Å². The number of halogens is 2. The van der Waals surface area contributed by atoms with Gasteiger partial charge in [0.25, 0.3) is 0 Å². The van der Waals surface area contributed by atoms with Crippen LogP contribution in [0.15, 0.2) is 59.2 Å². The lowest BCUT2D eigenvalue weighted by Gasteiger charge is -2.04. The maximum atomic E-state index is 12.5. The lowest BCUT2D eigenvalue weighted by molar-refractivity contribution is 0.103. The molecule has 0 saturated carbocycles. The number of hydrogen-bond donors (Lipinski definition) is 0. The number of hydrogen-bond acceptors (Lipinski definition) is 2. The van der Waals surface area contributed by atoms with Crippen LogP contribution in [-0.4, -0.2) is 10.8 Å². The Morgan fingerprint density at radius 3 is 2.70 bits per heavy atom. The van der Waals surface area contributed by atoms with Gasteiger partial charge in [0.2, 0.25) is 0 Å². The molecule has 0 amide bonds. The number of benzene rings is 2. The Kier molecular flexibility index (Phi) is 3.55. The van der Waals surface area contributed by atoms with Crippen molar-refractivity contribution >= 4 is 44.2 Å². The molecule has 0 aliphatic heterocycles. The summed E-state index contributed by atoms with van der Waals surface area (Å²) in [7, 11) is 0. The smallest absolute Gasteiger partial charge is 0.193 e. The van der Waals surface area contributed by atoms with Gasteiger partial charge in [-0.3, -0.25) is 9.78 Å². The fourth-order valence-electron chi connectivity index (χ4n) is 2.06. The van der Waals surface area contributed by atoms with Crippen molar-refractivity contribution in [1.29, 1.82) is 0 Å². The summed E-state index contributed by atoms with van der Waals surface area (Å²) in [5, 5.41) is 1.54. The summed E-state index contributed by atoms with van der Waals surface area (Å²) < 4.78 is 0.785. The zero-order valence-corrected chi connectivity index (χ0v) is 12.6. The summed E-state index contributed by atoms with van der Waals surface area (Å²) >= 11 is 9.33. The van der Waals surface area contributed by atoms with Gasteiger partial charge in [-0.05, 0) is 30.3 Å². The van der Waals surface area contributed by atoms with Crippen LogP contribution in [0.25, 0.3) is 10.9 Å². The van der Waals surface area contributed by atoms with Crippen LogP contribution in [0.3, 0.4) is 0 Å². The van der Waals surface area contributed by atoms with Crippen LogP contribution >= 0.6 is 27.5 Å². The van der Waals surface area contributed by atoms with Gasteiger partial charge < -0.3 is 0 Å². The van der Waals surface area contributed by atoms with Crippen molar-refractivity contribution in [2.75, 3.05) is 0 Å². The Morgan fingerprint density at radius 1 is 1.05 bits per heavy atom. The zero-order chi connectivity index (χ0) is 14.1. The van der Waals surface area contributed by atoms with E-state index in [0.29, 0.717) is 16.1 Å². The highest BCUT2D eigenvalue weighted by Crippen LogP contribution is 2.22. The van der Waals surface area contributed by atoms with E-state index in [-0.39, 0.29) is 5.78 Å². The zero-order valence-electron chi connectivity index (χ0n) is 10.3. The minimum atomic E-state index is -0.0687. The van der Waals surface area contributed by atoms with Gasteiger partial charge in [0.1, 0.15) is 0 Å². The molecule has 0 saturated heterocycles. The first kappa shape index (κ1) is 13.3. The first-order valence-electron chi connectivity index (χ1n) is 5.99. The second-order valence-corrected chi connectivity index (χ2v) is 5.75. The lowest BCUT2D eigenvalue weighted by Crippen LogP contribution is -2.01. The first-order chi connectivity index (χ1) is 9.63. The maximum absolute atomic E-state index is 12.5. The number of carbonyl (C=O) groups is 1. The number of pyridine rings is 1. The molecule has 0 unspecified atom stereocenters. The quantitative estimate of drug-likeness (QED) is 0.619. The highest BCUT2D eigenvalue weighted by molar-refractivity contribution is 9.10. The molecule has 0 atom stereocenters. The molecular weight excluding hydrogens is 338 g/mol. The molecule has 0 radical (unpaired) electrons. The molecule has 20 heavy (non-hydrogen) atoms. The van der Waals surface area contributed by atoms with Crippen molar-refractivity contribution in [3.8, 4) is 0 Å². The summed E-state index contributed by atoms with van der Waals surface area (Å²) in [5.74, 6) is -0.0687. The van der Waals surface area contributed by atoms with E-state index < -0.39 is 0 Å². The summed E-state index contributed by atoms with van der Waals surface area (Å²) in [4.78, 5) is 16.8. The normalized spacial score (nSPS) is 10.7. The molecule has 2 nitrogen and oxygen atoms in total. The standard InChI is InChI=1S/C16H9BrClNO/c17-13-6-12(7-14(18)9-13)16(20)11-4-3-10-2-1-5-19-15(10)8-11/h1-9H. The third-order valence-electron chi connectivity index (χ3n) is 2.99. The van der Waals surface area contributed by atoms with Crippen molar-refractivity contribution < 1.29 is 4.79 Å². The molecule has 0 spiro atoms. The Hall–Kier alpha value is -1.71. The van der Waals surface area contributed by atoms with Gasteiger partial charge >= 0.3 is 0 Å². The number of carbonyl (C=O) groups excluding carboxylic acids is 1. The molecule has 3 rings (SSSR count). The Bertz CT molecular complexity index is 796. The second-order valence-electron chi connectivity index (χ2n) is 4.40. The Morgan fingerprint density at radius 2 is 1.90 bits per heavy atom. The molecule has 1 aromatic heterocycles. The maximum Gasteiger partial charge on any atom is 0.193 e. The summed E-state index contributed by atoms with van der Waals surface area (Å²) in [6, 6.07) is 14.5. The molecule has 0 bridgehead atoms. The van der Waals surface area contributed by atoms with Crippen LogP contribution in [0.4, 0.5) is 0 Å². The van der Waals surface area contributed by atoms with Gasteiger partial charge in [0, 0.05) is 32.2 Å². The third kappa shape index (κ3) is 2.60. The van der Waals surface area contributed by atoms with Gasteiger partial charge in [-0.25, -0.2) is 0 Å². The topological polar surface area (TPSA) is 30.0 Å². The summed E-state index contributed by atoms with van der Waals surface area (Å²) in [5.41, 5.74) is 1.96. The van der Waals surface area contributed by atoms with E-state index in [1.165, 1.54) is 0 Å². The predicted octanol–water partition coefficient (Wildman–Crippen LogP) is 4.88. The fourth-order valence-corrected chi connectivity index (χ4v) is 2.92. The average Bonchev–Trinajstić information content (AvgIpc) is 2.45. The Labute approximate surface area is 129 Å². The SMILES string of the molecule is O=C(c1cc(Cl)cc(Br)c1)c1ccc2cccnc2c1. The van der Waals surface area contributed by atoms with Crippen LogP contribution in [0.2, 0.25) is 5.02 Å². The van der Waals surface area contributed by atoms with Crippen molar-refractivity contribution in [2.45, 2.75) is 0 Å². The largest absolute Gasteiger partial charge is 0.289 e. The minimum absolute atomic E-state index is 0.0687. The van der Waals surface area contributed by atoms with Crippen LogP contribution in [0.1, 0.15) is 15.9 Å². The van der Waals surface area contributed by atoms with E-state index in [2.05, 4.69) is 20.9 Å². The van der Waals surface area contributed by atoms with Crippen LogP contribution in [0.5, 0.6) is 0 Å². The molecular formula is C16H9BrClNO. The minimum Gasteiger partial charge on any atom is -0.289 e. The monoisotopic (exact) mass is 345 g/mol. The third-order valence-corrected chi connectivity index (χ3v) is 3.67. The molecule has 3 aromatic rings. The number of fused-ring (bicyclic) bond motifs is 1. The molecule has 0 fully saturated rings. The van der Waals surface area contributed by atoms with Crippen molar-refractivity contribution in [3.63, 3.8) is 0 Å². The Balaban J connectivity index is 2.07. The molecule has 98 valence electrons. The van der Waals surface area contributed by atoms with E-state index in [4.69, 9.17) is 11.6 Å². The lowest BCUT2D eigenvalue weighted by atomic mass is 10.0. The van der Waals surface area contributed by atoms with E-state index in [1.54, 1.807) is 36.5 Å². The van der Waals surface area contributed by atoms with Crippen LogP contribution < -0.4 is 0 Å². The molecule has 1 heterocycles. The second kappa shape index (κ2) is 5.35. The van der Waals surface area contributed by atoms with Crippen molar-refractivity contribution in [2.24, 2.45) is 0 Å². The fraction of sp³-hybridized carbons (Fsp3) is 0. The van der Waals surface area contributed by atoms with Gasteiger partial charge in [0.05, 0.1) is 5.52 Å². The predicted molar refractivity (Wildman–Crippen MR) is 84.3 cm³/mol. The molecule has 2 aromatic carbocycles.